The number of benzene rings is 1. The summed E-state index contributed by atoms with van der Waals surface area (Å²) in [4.78, 5) is 11.5. The van der Waals surface area contributed by atoms with Gasteiger partial charge in [0.2, 0.25) is 0 Å². The average molecular weight is 454 g/mol. The number of nitrogens with zero attached hydrogens (tertiary/aromatic N) is 4. The van der Waals surface area contributed by atoms with Crippen LogP contribution in [-0.4, -0.2) is 19.6 Å². The highest BCUT2D eigenvalue weighted by molar-refractivity contribution is 7.80. The van der Waals surface area contributed by atoms with E-state index in [1.165, 1.54) is 11.1 Å². The van der Waals surface area contributed by atoms with E-state index in [0.29, 0.717) is 5.11 Å². The minimum Gasteiger partial charge on any atom is -0.351 e. The smallest absolute Gasteiger partial charge is 0.174 e. The van der Waals surface area contributed by atoms with E-state index in [-0.39, 0.29) is 12.1 Å². The van der Waals surface area contributed by atoms with E-state index in [1.807, 2.05) is 42.7 Å². The molecule has 33 heavy (non-hydrogen) atoms. The molecular weight excluding hydrogens is 426 g/mol. The summed E-state index contributed by atoms with van der Waals surface area (Å²) in [5, 5.41) is 4.27. The van der Waals surface area contributed by atoms with Gasteiger partial charge in [-0.3, -0.25) is 4.98 Å². The van der Waals surface area contributed by atoms with Crippen LogP contribution >= 0.6 is 12.2 Å². The molecule has 1 aliphatic rings. The third-order valence-corrected chi connectivity index (χ3v) is 6.70. The van der Waals surface area contributed by atoms with Crippen molar-refractivity contribution in [2.24, 2.45) is 0 Å². The Morgan fingerprint density at radius 2 is 1.67 bits per heavy atom. The van der Waals surface area contributed by atoms with Crippen molar-refractivity contribution in [1.82, 2.24) is 19.9 Å². The Kier molecular flexibility index (Phi) is 5.68. The summed E-state index contributed by atoms with van der Waals surface area (Å²) in [6.45, 7) is 6.46. The minimum atomic E-state index is -0.0674. The maximum Gasteiger partial charge on any atom is 0.174 e. The number of nitrogens with one attached hydrogen (secondary N) is 1. The molecule has 0 radical (unpaired) electrons. The van der Waals surface area contributed by atoms with Crippen LogP contribution in [0.15, 0.2) is 79.1 Å². The van der Waals surface area contributed by atoms with Crippen LogP contribution in [0.4, 0.5) is 5.69 Å². The fraction of sp³-hybridized carbons (Fsp3) is 0.222. The second kappa shape index (κ2) is 8.79. The fourth-order valence-electron chi connectivity index (χ4n) is 4.77. The van der Waals surface area contributed by atoms with Gasteiger partial charge in [0.1, 0.15) is 5.82 Å². The monoisotopic (exact) mass is 453 g/mol. The molecule has 1 fully saturated rings. The van der Waals surface area contributed by atoms with E-state index in [0.717, 1.165) is 35.0 Å². The van der Waals surface area contributed by atoms with Crippen molar-refractivity contribution in [1.29, 1.82) is 0 Å². The first kappa shape index (κ1) is 21.3. The fourth-order valence-corrected chi connectivity index (χ4v) is 5.11. The van der Waals surface area contributed by atoms with Gasteiger partial charge in [0.25, 0.3) is 0 Å². The van der Waals surface area contributed by atoms with Crippen molar-refractivity contribution in [2.45, 2.75) is 39.3 Å². The molecule has 0 amide bonds. The number of thiocarbonyl (C=S) groups is 1. The van der Waals surface area contributed by atoms with E-state index in [2.05, 4.69) is 81.9 Å². The van der Waals surface area contributed by atoms with Crippen LogP contribution < -0.4 is 10.2 Å². The largest absolute Gasteiger partial charge is 0.351 e. The van der Waals surface area contributed by atoms with Crippen LogP contribution in [0.2, 0.25) is 0 Å². The molecule has 6 heteroatoms. The van der Waals surface area contributed by atoms with Gasteiger partial charge in [0, 0.05) is 29.5 Å². The highest BCUT2D eigenvalue weighted by Gasteiger charge is 2.42. The molecule has 4 aromatic rings. The van der Waals surface area contributed by atoms with Crippen LogP contribution in [0.25, 0.3) is 5.82 Å². The molecule has 3 aromatic heterocycles. The predicted octanol–water partition coefficient (Wildman–Crippen LogP) is 5.62. The number of aryl methyl sites for hydroxylation is 2. The summed E-state index contributed by atoms with van der Waals surface area (Å²) in [7, 11) is 0. The summed E-state index contributed by atoms with van der Waals surface area (Å²) in [5.41, 5.74) is 6.86. The first-order valence-corrected chi connectivity index (χ1v) is 11.7. The second-order valence-corrected chi connectivity index (χ2v) is 8.75. The van der Waals surface area contributed by atoms with E-state index < -0.39 is 0 Å². The molecule has 1 saturated heterocycles. The third-order valence-electron chi connectivity index (χ3n) is 6.39. The van der Waals surface area contributed by atoms with E-state index in [4.69, 9.17) is 12.2 Å². The summed E-state index contributed by atoms with van der Waals surface area (Å²) in [5.74, 6) is 0.917. The standard InChI is InChI=1S/C27H27N5S/c1-4-20-11-13-21(14-12-20)32-26(25(30-27(32)33)23-9-5-7-15-28-23)22-17-18(2)31(19(22)3)24-10-6-8-16-29-24/h5-17,25-26H,4H2,1-3H3,(H,30,33)/t25-,26-/m0/s1. The Labute approximate surface area is 200 Å². The van der Waals surface area contributed by atoms with Crippen molar-refractivity contribution in [3.8, 4) is 5.82 Å². The molecule has 1 aromatic carbocycles. The van der Waals surface area contributed by atoms with Crippen molar-refractivity contribution < 1.29 is 0 Å². The molecule has 0 bridgehead atoms. The van der Waals surface area contributed by atoms with Gasteiger partial charge < -0.3 is 14.8 Å². The number of hydrogen-bond donors (Lipinski definition) is 1. The van der Waals surface area contributed by atoms with Crippen LogP contribution in [-0.2, 0) is 6.42 Å². The summed E-state index contributed by atoms with van der Waals surface area (Å²) >= 11 is 5.88. The molecule has 1 aliphatic heterocycles. The summed E-state index contributed by atoms with van der Waals surface area (Å²) in [6, 6.07) is 22.9. The number of anilines is 1. The van der Waals surface area contributed by atoms with Crippen LogP contribution in [0.5, 0.6) is 0 Å². The van der Waals surface area contributed by atoms with Crippen molar-refractivity contribution in [2.75, 3.05) is 4.90 Å². The highest BCUT2D eigenvalue weighted by Crippen LogP contribution is 2.43. The zero-order chi connectivity index (χ0) is 22.9. The van der Waals surface area contributed by atoms with Gasteiger partial charge in [0.05, 0.1) is 17.8 Å². The number of aromatic nitrogens is 3. The number of pyridine rings is 2. The van der Waals surface area contributed by atoms with Gasteiger partial charge in [-0.1, -0.05) is 31.2 Å². The van der Waals surface area contributed by atoms with Gasteiger partial charge in [-0.25, -0.2) is 4.98 Å². The first-order valence-electron chi connectivity index (χ1n) is 11.3. The third kappa shape index (κ3) is 3.80. The van der Waals surface area contributed by atoms with Crippen molar-refractivity contribution in [3.63, 3.8) is 0 Å². The van der Waals surface area contributed by atoms with Crippen molar-refractivity contribution in [3.05, 3.63) is 107 Å². The molecule has 2 atom stereocenters. The first-order chi connectivity index (χ1) is 16.1. The Balaban J connectivity index is 1.66. The molecule has 0 aliphatic carbocycles. The van der Waals surface area contributed by atoms with Crippen LogP contribution in [0, 0.1) is 13.8 Å². The van der Waals surface area contributed by atoms with E-state index in [9.17, 15) is 0 Å². The summed E-state index contributed by atoms with van der Waals surface area (Å²) < 4.78 is 2.21. The van der Waals surface area contributed by atoms with Gasteiger partial charge in [-0.05, 0) is 86.1 Å². The van der Waals surface area contributed by atoms with Gasteiger partial charge >= 0.3 is 0 Å². The van der Waals surface area contributed by atoms with Crippen LogP contribution in [0.3, 0.4) is 0 Å². The van der Waals surface area contributed by atoms with Gasteiger partial charge in [-0.2, -0.15) is 0 Å². The van der Waals surface area contributed by atoms with E-state index >= 15 is 0 Å². The minimum absolute atomic E-state index is 0.0384. The molecule has 5 nitrogen and oxygen atoms in total. The van der Waals surface area contributed by atoms with Crippen molar-refractivity contribution >= 4 is 23.0 Å². The Morgan fingerprint density at radius 1 is 0.939 bits per heavy atom. The Hall–Kier alpha value is -3.51. The van der Waals surface area contributed by atoms with Crippen LogP contribution in [0.1, 0.15) is 47.2 Å². The Bertz CT molecular complexity index is 1270. The molecule has 1 N–H and O–H groups in total. The van der Waals surface area contributed by atoms with Gasteiger partial charge in [-0.15, -0.1) is 0 Å². The molecular formula is C27H27N5S. The topological polar surface area (TPSA) is 46.0 Å². The van der Waals surface area contributed by atoms with E-state index in [1.54, 1.807) is 0 Å². The molecule has 0 unspecified atom stereocenters. The normalized spacial score (nSPS) is 17.9. The lowest BCUT2D eigenvalue weighted by atomic mass is 9.96. The maximum absolute atomic E-state index is 5.88. The SMILES string of the molecule is CCc1ccc(N2C(=S)N[C@@H](c3ccccn3)[C@@H]2c2cc(C)n(-c3ccccn3)c2C)cc1. The number of rotatable bonds is 5. The molecule has 4 heterocycles. The lowest BCUT2D eigenvalue weighted by Gasteiger charge is -2.28. The zero-order valence-electron chi connectivity index (χ0n) is 19.1. The highest BCUT2D eigenvalue weighted by atomic mass is 32.1. The molecule has 166 valence electrons. The second-order valence-electron chi connectivity index (χ2n) is 8.37. The molecule has 0 spiro atoms. The quantitative estimate of drug-likeness (QED) is 0.397. The van der Waals surface area contributed by atoms with Gasteiger partial charge in [0.15, 0.2) is 5.11 Å². The lowest BCUT2D eigenvalue weighted by molar-refractivity contribution is 0.565. The lowest BCUT2D eigenvalue weighted by Crippen LogP contribution is -2.29. The maximum atomic E-state index is 5.88. The summed E-state index contributed by atoms with van der Waals surface area (Å²) in [6.07, 6.45) is 4.68. The predicted molar refractivity (Wildman–Crippen MR) is 137 cm³/mol. The Morgan fingerprint density at radius 3 is 2.30 bits per heavy atom. The number of hydrogen-bond acceptors (Lipinski definition) is 3. The zero-order valence-corrected chi connectivity index (χ0v) is 19.9. The molecule has 0 saturated carbocycles. The average Bonchev–Trinajstić information content (AvgIpc) is 3.35. The molecule has 5 rings (SSSR count).